The fraction of sp³-hybridized carbons (Fsp3) is 0.692. The first-order chi connectivity index (χ1) is 8.79. The van der Waals surface area contributed by atoms with Crippen LogP contribution in [-0.2, 0) is 11.0 Å². The molecule has 0 radical (unpaired) electrons. The lowest BCUT2D eigenvalue weighted by molar-refractivity contribution is -0.141. The van der Waals surface area contributed by atoms with Gasteiger partial charge in [-0.3, -0.25) is 9.48 Å². The van der Waals surface area contributed by atoms with E-state index in [2.05, 4.69) is 5.10 Å². The second-order valence-corrected chi connectivity index (χ2v) is 5.32. The third kappa shape index (κ3) is 2.98. The van der Waals surface area contributed by atoms with Gasteiger partial charge in [-0.1, -0.05) is 0 Å². The highest BCUT2D eigenvalue weighted by Crippen LogP contribution is 2.36. The van der Waals surface area contributed by atoms with Gasteiger partial charge in [0.2, 0.25) is 0 Å². The maximum Gasteiger partial charge on any atom is 0.435 e. The van der Waals surface area contributed by atoms with Crippen molar-refractivity contribution in [2.75, 3.05) is 0 Å². The topological polar surface area (TPSA) is 34.9 Å². The van der Waals surface area contributed by atoms with Crippen molar-refractivity contribution in [2.24, 2.45) is 0 Å². The molecule has 2 rings (SSSR count). The van der Waals surface area contributed by atoms with Crippen LogP contribution in [0.15, 0.2) is 6.07 Å². The molecule has 0 amide bonds. The number of hydrogen-bond donors (Lipinski definition) is 0. The van der Waals surface area contributed by atoms with Crippen molar-refractivity contribution in [1.82, 2.24) is 9.78 Å². The van der Waals surface area contributed by atoms with Gasteiger partial charge in [-0.25, -0.2) is 0 Å². The van der Waals surface area contributed by atoms with Crippen molar-refractivity contribution in [3.63, 3.8) is 0 Å². The van der Waals surface area contributed by atoms with Gasteiger partial charge in [-0.2, -0.15) is 18.3 Å². The summed E-state index contributed by atoms with van der Waals surface area (Å²) in [5.41, 5.74) is -0.329. The highest BCUT2D eigenvalue weighted by Gasteiger charge is 2.36. The van der Waals surface area contributed by atoms with Crippen LogP contribution >= 0.6 is 0 Å². The van der Waals surface area contributed by atoms with Crippen molar-refractivity contribution < 1.29 is 18.0 Å². The number of nitrogens with zero attached hydrogens (tertiary/aromatic N) is 2. The van der Waals surface area contributed by atoms with Crippen LogP contribution in [0.3, 0.4) is 0 Å². The summed E-state index contributed by atoms with van der Waals surface area (Å²) in [6.45, 7) is 3.59. The highest BCUT2D eigenvalue weighted by molar-refractivity contribution is 5.80. The molecule has 1 aliphatic carbocycles. The van der Waals surface area contributed by atoms with E-state index in [9.17, 15) is 18.0 Å². The number of aromatic nitrogens is 2. The van der Waals surface area contributed by atoms with E-state index in [1.807, 2.05) is 0 Å². The summed E-state index contributed by atoms with van der Waals surface area (Å²) in [4.78, 5) is 11.5. The quantitative estimate of drug-likeness (QED) is 0.824. The average molecular weight is 274 g/mol. The van der Waals surface area contributed by atoms with E-state index in [-0.39, 0.29) is 17.7 Å². The molecule has 1 saturated carbocycles. The third-order valence-electron chi connectivity index (χ3n) is 3.44. The molecule has 1 aromatic heterocycles. The summed E-state index contributed by atoms with van der Waals surface area (Å²) >= 11 is 0. The van der Waals surface area contributed by atoms with E-state index in [1.165, 1.54) is 4.68 Å². The molecule has 19 heavy (non-hydrogen) atoms. The van der Waals surface area contributed by atoms with Crippen LogP contribution in [0.5, 0.6) is 0 Å². The molecule has 0 aromatic carbocycles. The van der Waals surface area contributed by atoms with E-state index in [0.29, 0.717) is 18.5 Å². The Morgan fingerprint density at radius 2 is 2.11 bits per heavy atom. The van der Waals surface area contributed by atoms with Gasteiger partial charge in [0.15, 0.2) is 5.69 Å². The van der Waals surface area contributed by atoms with Crippen molar-refractivity contribution in [3.8, 4) is 0 Å². The fourth-order valence-electron chi connectivity index (χ4n) is 2.54. The van der Waals surface area contributed by atoms with Gasteiger partial charge < -0.3 is 0 Å². The predicted octanol–water partition coefficient (Wildman–Crippen LogP) is 3.71. The Balaban J connectivity index is 2.37. The lowest BCUT2D eigenvalue weighted by Crippen LogP contribution is -2.18. The SMILES string of the molecule is CC(C)n1nc(C(F)(F)F)cc1[C@H]1CCCC(=O)C1. The standard InChI is InChI=1S/C13H17F3N2O/c1-8(2)18-11(7-12(17-18)13(14,15)16)9-4-3-5-10(19)6-9/h7-9H,3-6H2,1-2H3/t9-/m0/s1. The van der Waals surface area contributed by atoms with Crippen LogP contribution in [0.25, 0.3) is 0 Å². The molecule has 0 spiro atoms. The molecule has 6 heteroatoms. The Hall–Kier alpha value is -1.33. The Labute approximate surface area is 109 Å². The summed E-state index contributed by atoms with van der Waals surface area (Å²) in [6, 6.07) is 0.951. The Bertz CT molecular complexity index is 477. The maximum absolute atomic E-state index is 12.7. The number of Topliss-reactive ketones (excluding diaryl/α,β-unsaturated/α-hetero) is 1. The van der Waals surface area contributed by atoms with Gasteiger partial charge in [0, 0.05) is 30.5 Å². The summed E-state index contributed by atoms with van der Waals surface area (Å²) in [6.07, 6.45) is -2.07. The second-order valence-electron chi connectivity index (χ2n) is 5.32. The third-order valence-corrected chi connectivity index (χ3v) is 3.44. The first-order valence-electron chi connectivity index (χ1n) is 6.47. The summed E-state index contributed by atoms with van der Waals surface area (Å²) in [7, 11) is 0. The number of carbonyl (C=O) groups excluding carboxylic acids is 1. The van der Waals surface area contributed by atoms with Crippen LogP contribution in [0.1, 0.15) is 62.9 Å². The summed E-state index contributed by atoms with van der Waals surface area (Å²) < 4.78 is 39.6. The molecule has 0 N–H and O–H groups in total. The largest absolute Gasteiger partial charge is 0.435 e. The molecular weight excluding hydrogens is 257 g/mol. The van der Waals surface area contributed by atoms with Gasteiger partial charge in [-0.05, 0) is 32.8 Å². The lowest BCUT2D eigenvalue weighted by Gasteiger charge is -2.23. The Kier molecular flexibility index (Phi) is 3.69. The van der Waals surface area contributed by atoms with Crippen molar-refractivity contribution in [2.45, 2.75) is 57.7 Å². The molecule has 1 heterocycles. The molecule has 106 valence electrons. The van der Waals surface area contributed by atoms with Crippen molar-refractivity contribution in [1.29, 1.82) is 0 Å². The number of alkyl halides is 3. The average Bonchev–Trinajstić information content (AvgIpc) is 2.73. The Morgan fingerprint density at radius 1 is 1.42 bits per heavy atom. The zero-order chi connectivity index (χ0) is 14.2. The number of rotatable bonds is 2. The van der Waals surface area contributed by atoms with Gasteiger partial charge in [-0.15, -0.1) is 0 Å². The molecule has 1 atom stereocenters. The van der Waals surface area contributed by atoms with E-state index < -0.39 is 11.9 Å². The minimum atomic E-state index is -4.44. The molecule has 0 aliphatic heterocycles. The number of carbonyl (C=O) groups is 1. The van der Waals surface area contributed by atoms with E-state index in [4.69, 9.17) is 0 Å². The highest BCUT2D eigenvalue weighted by atomic mass is 19.4. The van der Waals surface area contributed by atoms with Crippen LogP contribution in [-0.4, -0.2) is 15.6 Å². The Morgan fingerprint density at radius 3 is 2.63 bits per heavy atom. The molecule has 1 fully saturated rings. The van der Waals surface area contributed by atoms with Crippen LogP contribution in [0.2, 0.25) is 0 Å². The van der Waals surface area contributed by atoms with Gasteiger partial charge in [0.1, 0.15) is 5.78 Å². The minimum Gasteiger partial charge on any atom is -0.300 e. The number of halogens is 3. The maximum atomic E-state index is 12.7. The molecule has 0 bridgehead atoms. The first-order valence-corrected chi connectivity index (χ1v) is 6.47. The lowest BCUT2D eigenvalue weighted by atomic mass is 9.86. The summed E-state index contributed by atoms with van der Waals surface area (Å²) in [5, 5.41) is 3.66. The van der Waals surface area contributed by atoms with Crippen molar-refractivity contribution in [3.05, 3.63) is 17.5 Å². The monoisotopic (exact) mass is 274 g/mol. The van der Waals surface area contributed by atoms with Crippen LogP contribution in [0, 0.1) is 0 Å². The van der Waals surface area contributed by atoms with E-state index >= 15 is 0 Å². The van der Waals surface area contributed by atoms with E-state index in [1.54, 1.807) is 13.8 Å². The second kappa shape index (κ2) is 4.98. The molecule has 0 saturated heterocycles. The minimum absolute atomic E-state index is 0.126. The molecule has 1 aromatic rings. The summed E-state index contributed by atoms with van der Waals surface area (Å²) in [5.74, 6) is -0.00596. The molecule has 0 unspecified atom stereocenters. The zero-order valence-corrected chi connectivity index (χ0v) is 11.0. The molecular formula is C13H17F3N2O. The van der Waals surface area contributed by atoms with Crippen molar-refractivity contribution >= 4 is 5.78 Å². The van der Waals surface area contributed by atoms with E-state index in [0.717, 1.165) is 18.9 Å². The normalized spacial score (nSPS) is 21.2. The fourth-order valence-corrected chi connectivity index (χ4v) is 2.54. The van der Waals surface area contributed by atoms with Crippen LogP contribution in [0.4, 0.5) is 13.2 Å². The van der Waals surface area contributed by atoms with Gasteiger partial charge >= 0.3 is 6.18 Å². The van der Waals surface area contributed by atoms with Crippen LogP contribution < -0.4 is 0 Å². The predicted molar refractivity (Wildman–Crippen MR) is 63.8 cm³/mol. The number of ketones is 1. The van der Waals surface area contributed by atoms with Gasteiger partial charge in [0.05, 0.1) is 0 Å². The molecule has 1 aliphatic rings. The smallest absolute Gasteiger partial charge is 0.300 e. The van der Waals surface area contributed by atoms with Gasteiger partial charge in [0.25, 0.3) is 0 Å². The zero-order valence-electron chi connectivity index (χ0n) is 11.0. The number of hydrogen-bond acceptors (Lipinski definition) is 2. The molecule has 3 nitrogen and oxygen atoms in total. The first kappa shape index (κ1) is 14.1.